The largest absolute Gasteiger partial charge is 0.376 e. The summed E-state index contributed by atoms with van der Waals surface area (Å²) in [7, 11) is 0. The molecule has 2 aromatic carbocycles. The highest BCUT2D eigenvalue weighted by atomic mass is 32.1. The number of rotatable bonds is 11. The van der Waals surface area contributed by atoms with Gasteiger partial charge < -0.3 is 20.3 Å². The van der Waals surface area contributed by atoms with Gasteiger partial charge in [0.15, 0.2) is 0 Å². The number of benzene rings is 2. The molecule has 3 amide bonds. The number of thiophene rings is 1. The predicted octanol–water partition coefficient (Wildman–Crippen LogP) is 3.59. The van der Waals surface area contributed by atoms with Gasteiger partial charge in [-0.05, 0) is 41.8 Å². The SMILES string of the molecule is O=C(NCC(=O)N(CCc1ccccc1)[C@H](C(=O)NC[C@@H]1CCCO1)c1ccccc1)c1cccs1. The summed E-state index contributed by atoms with van der Waals surface area (Å²) in [5.74, 6) is -0.889. The van der Waals surface area contributed by atoms with E-state index < -0.39 is 6.04 Å². The van der Waals surface area contributed by atoms with Crippen LogP contribution in [0, 0.1) is 0 Å². The predicted molar refractivity (Wildman–Crippen MR) is 140 cm³/mol. The maximum Gasteiger partial charge on any atom is 0.261 e. The Kier molecular flexibility index (Phi) is 9.24. The maximum atomic E-state index is 13.5. The van der Waals surface area contributed by atoms with Crippen molar-refractivity contribution in [1.82, 2.24) is 15.5 Å². The normalized spacial score (nSPS) is 15.7. The van der Waals surface area contributed by atoms with E-state index in [1.165, 1.54) is 11.3 Å². The zero-order valence-corrected chi connectivity index (χ0v) is 20.9. The number of carbonyl (C=O) groups is 3. The van der Waals surface area contributed by atoms with Gasteiger partial charge in [-0.25, -0.2) is 0 Å². The average molecular weight is 506 g/mol. The maximum absolute atomic E-state index is 13.5. The first-order valence-electron chi connectivity index (χ1n) is 12.2. The molecule has 3 aromatic rings. The van der Waals surface area contributed by atoms with Gasteiger partial charge in [-0.2, -0.15) is 0 Å². The van der Waals surface area contributed by atoms with Crippen LogP contribution in [0.2, 0.25) is 0 Å². The fourth-order valence-corrected chi connectivity index (χ4v) is 4.91. The van der Waals surface area contributed by atoms with Crippen molar-refractivity contribution in [3.8, 4) is 0 Å². The van der Waals surface area contributed by atoms with Gasteiger partial charge in [-0.15, -0.1) is 11.3 Å². The molecule has 0 saturated carbocycles. The molecule has 1 saturated heterocycles. The van der Waals surface area contributed by atoms with Crippen molar-refractivity contribution >= 4 is 29.1 Å². The van der Waals surface area contributed by atoms with Crippen molar-refractivity contribution in [2.45, 2.75) is 31.4 Å². The van der Waals surface area contributed by atoms with E-state index in [2.05, 4.69) is 10.6 Å². The van der Waals surface area contributed by atoms with E-state index in [1.807, 2.05) is 66.0 Å². The molecule has 188 valence electrons. The average Bonchev–Trinajstić information content (AvgIpc) is 3.64. The quantitative estimate of drug-likeness (QED) is 0.417. The van der Waals surface area contributed by atoms with Gasteiger partial charge in [0.1, 0.15) is 6.04 Å². The minimum absolute atomic E-state index is 0.0103. The zero-order valence-electron chi connectivity index (χ0n) is 20.1. The van der Waals surface area contributed by atoms with Crippen LogP contribution in [0.4, 0.5) is 0 Å². The van der Waals surface area contributed by atoms with E-state index >= 15 is 0 Å². The minimum Gasteiger partial charge on any atom is -0.376 e. The van der Waals surface area contributed by atoms with Crippen LogP contribution in [0.3, 0.4) is 0 Å². The Labute approximate surface area is 215 Å². The number of nitrogens with zero attached hydrogens (tertiary/aromatic N) is 1. The van der Waals surface area contributed by atoms with E-state index in [0.717, 1.165) is 18.4 Å². The molecule has 8 heteroatoms. The summed E-state index contributed by atoms with van der Waals surface area (Å²) in [5, 5.41) is 7.53. The molecule has 0 radical (unpaired) electrons. The second-order valence-electron chi connectivity index (χ2n) is 8.68. The van der Waals surface area contributed by atoms with Crippen molar-refractivity contribution < 1.29 is 19.1 Å². The Bertz CT molecular complexity index is 1120. The number of hydrogen-bond donors (Lipinski definition) is 2. The molecule has 0 spiro atoms. The monoisotopic (exact) mass is 505 g/mol. The van der Waals surface area contributed by atoms with Crippen LogP contribution in [0.5, 0.6) is 0 Å². The van der Waals surface area contributed by atoms with Crippen molar-refractivity contribution in [3.05, 3.63) is 94.2 Å². The second kappa shape index (κ2) is 13.0. The number of nitrogens with one attached hydrogen (secondary N) is 2. The summed E-state index contributed by atoms with van der Waals surface area (Å²) in [5.41, 5.74) is 1.78. The molecule has 36 heavy (non-hydrogen) atoms. The molecule has 1 aromatic heterocycles. The van der Waals surface area contributed by atoms with Crippen LogP contribution >= 0.6 is 11.3 Å². The van der Waals surface area contributed by atoms with E-state index in [4.69, 9.17) is 4.74 Å². The Balaban J connectivity index is 1.54. The number of ether oxygens (including phenoxy) is 1. The lowest BCUT2D eigenvalue weighted by atomic mass is 10.0. The van der Waals surface area contributed by atoms with Crippen molar-refractivity contribution in [2.24, 2.45) is 0 Å². The minimum atomic E-state index is -0.831. The van der Waals surface area contributed by atoms with Gasteiger partial charge in [0.2, 0.25) is 11.8 Å². The van der Waals surface area contributed by atoms with Crippen molar-refractivity contribution in [3.63, 3.8) is 0 Å². The van der Waals surface area contributed by atoms with Crippen LogP contribution in [0.25, 0.3) is 0 Å². The third-order valence-corrected chi connectivity index (χ3v) is 7.02. The molecule has 2 heterocycles. The van der Waals surface area contributed by atoms with Crippen LogP contribution in [-0.4, -0.2) is 55.0 Å². The molecule has 1 aliphatic heterocycles. The summed E-state index contributed by atoms with van der Waals surface area (Å²) in [6.07, 6.45) is 2.45. The third-order valence-electron chi connectivity index (χ3n) is 6.15. The molecule has 2 atom stereocenters. The Morgan fingerprint density at radius 2 is 1.72 bits per heavy atom. The molecule has 1 fully saturated rings. The first-order chi connectivity index (χ1) is 17.6. The Hall–Kier alpha value is -3.49. The topological polar surface area (TPSA) is 87.7 Å². The zero-order chi connectivity index (χ0) is 25.2. The van der Waals surface area contributed by atoms with Gasteiger partial charge in [-0.3, -0.25) is 14.4 Å². The number of amides is 3. The molecule has 4 rings (SSSR count). The molecule has 1 aliphatic rings. The van der Waals surface area contributed by atoms with Crippen LogP contribution in [0.15, 0.2) is 78.2 Å². The van der Waals surface area contributed by atoms with Gasteiger partial charge in [-0.1, -0.05) is 66.7 Å². The second-order valence-corrected chi connectivity index (χ2v) is 9.62. The third kappa shape index (κ3) is 7.02. The van der Waals surface area contributed by atoms with Crippen LogP contribution in [-0.2, 0) is 20.7 Å². The fourth-order valence-electron chi connectivity index (χ4n) is 4.27. The Morgan fingerprint density at radius 3 is 2.39 bits per heavy atom. The number of hydrogen-bond acceptors (Lipinski definition) is 5. The van der Waals surface area contributed by atoms with Gasteiger partial charge in [0, 0.05) is 19.7 Å². The van der Waals surface area contributed by atoms with E-state index in [-0.39, 0.29) is 30.4 Å². The summed E-state index contributed by atoms with van der Waals surface area (Å²) in [6.45, 7) is 1.23. The highest BCUT2D eigenvalue weighted by molar-refractivity contribution is 7.12. The summed E-state index contributed by atoms with van der Waals surface area (Å²) < 4.78 is 5.66. The Morgan fingerprint density at radius 1 is 0.972 bits per heavy atom. The van der Waals surface area contributed by atoms with Gasteiger partial charge in [0.25, 0.3) is 5.91 Å². The fraction of sp³-hybridized carbons (Fsp3) is 0.321. The lowest BCUT2D eigenvalue weighted by molar-refractivity contribution is -0.140. The van der Waals surface area contributed by atoms with E-state index in [9.17, 15) is 14.4 Å². The number of carbonyl (C=O) groups excluding carboxylic acids is 3. The standard InChI is InChI=1S/C28H31N3O4S/c32-25(20-30-27(33)24-14-8-18-36-24)31(16-15-21-9-3-1-4-10-21)26(22-11-5-2-6-12-22)28(34)29-19-23-13-7-17-35-23/h1-6,8-12,14,18,23,26H,7,13,15-17,19-20H2,(H,29,34)(H,30,33)/t23-,26-/m0/s1. The van der Waals surface area contributed by atoms with E-state index in [0.29, 0.717) is 36.6 Å². The van der Waals surface area contributed by atoms with Gasteiger partial charge in [0.05, 0.1) is 17.5 Å². The molecule has 0 aliphatic carbocycles. The summed E-state index contributed by atoms with van der Waals surface area (Å²) in [4.78, 5) is 41.6. The lowest BCUT2D eigenvalue weighted by Gasteiger charge is -2.32. The first-order valence-corrected chi connectivity index (χ1v) is 13.1. The molecule has 2 N–H and O–H groups in total. The van der Waals surface area contributed by atoms with Crippen molar-refractivity contribution in [1.29, 1.82) is 0 Å². The molecule has 0 unspecified atom stereocenters. The van der Waals surface area contributed by atoms with Gasteiger partial charge >= 0.3 is 0 Å². The molecule has 0 bridgehead atoms. The molecular formula is C28H31N3O4S. The summed E-state index contributed by atoms with van der Waals surface area (Å²) >= 11 is 1.31. The highest BCUT2D eigenvalue weighted by Crippen LogP contribution is 2.23. The van der Waals surface area contributed by atoms with Crippen molar-refractivity contribution in [2.75, 3.05) is 26.2 Å². The van der Waals surface area contributed by atoms with Crippen LogP contribution < -0.4 is 10.6 Å². The van der Waals surface area contributed by atoms with E-state index in [1.54, 1.807) is 17.0 Å². The summed E-state index contributed by atoms with van der Waals surface area (Å²) in [6, 6.07) is 21.8. The van der Waals surface area contributed by atoms with Crippen LogP contribution in [0.1, 0.15) is 39.7 Å². The highest BCUT2D eigenvalue weighted by Gasteiger charge is 2.32. The smallest absolute Gasteiger partial charge is 0.261 e. The lowest BCUT2D eigenvalue weighted by Crippen LogP contribution is -2.49. The molecule has 7 nitrogen and oxygen atoms in total. The molecular weight excluding hydrogens is 474 g/mol. The first kappa shape index (κ1) is 25.6.